The maximum atomic E-state index is 13.4. The lowest BCUT2D eigenvalue weighted by atomic mass is 9.88. The Morgan fingerprint density at radius 1 is 1.03 bits per heavy atom. The molecule has 5 rings (SSSR count). The first-order valence-electron chi connectivity index (χ1n) is 12.8. The molecule has 4 heterocycles. The molecule has 38 heavy (non-hydrogen) atoms. The Hall–Kier alpha value is -2.76. The molecule has 0 bridgehead atoms. The number of hydrogen-bond acceptors (Lipinski definition) is 8. The van der Waals surface area contributed by atoms with Crippen molar-refractivity contribution in [3.8, 4) is 0 Å². The zero-order valence-electron chi connectivity index (χ0n) is 21.9. The summed E-state index contributed by atoms with van der Waals surface area (Å²) in [5.41, 5.74) is 2.24. The molecule has 0 saturated carbocycles. The van der Waals surface area contributed by atoms with Gasteiger partial charge in [-0.3, -0.25) is 19.5 Å². The van der Waals surface area contributed by atoms with Crippen molar-refractivity contribution in [3.05, 3.63) is 54.1 Å². The van der Waals surface area contributed by atoms with E-state index in [4.69, 9.17) is 0 Å². The molecule has 0 radical (unpaired) electrons. The van der Waals surface area contributed by atoms with Gasteiger partial charge in [-0.15, -0.1) is 12.4 Å². The average Bonchev–Trinajstić information content (AvgIpc) is 3.41. The molecule has 3 saturated heterocycles. The number of aromatic nitrogens is 2. The van der Waals surface area contributed by atoms with Crippen molar-refractivity contribution in [1.29, 1.82) is 0 Å². The second-order valence-electron chi connectivity index (χ2n) is 10.5. The topological polar surface area (TPSA) is 107 Å². The lowest BCUT2D eigenvalue weighted by Gasteiger charge is -2.35. The van der Waals surface area contributed by atoms with Gasteiger partial charge in [-0.25, -0.2) is 17.7 Å². The Bertz CT molecular complexity index is 1250. The highest BCUT2D eigenvalue weighted by Crippen LogP contribution is 2.41. The van der Waals surface area contributed by atoms with Crippen molar-refractivity contribution in [2.45, 2.75) is 38.9 Å². The Labute approximate surface area is 230 Å². The van der Waals surface area contributed by atoms with Crippen LogP contribution in [0.2, 0.25) is 0 Å². The Morgan fingerprint density at radius 2 is 1.71 bits per heavy atom. The molecular weight excluding hydrogens is 528 g/mol. The van der Waals surface area contributed by atoms with E-state index in [9.17, 15) is 18.0 Å². The van der Waals surface area contributed by atoms with Gasteiger partial charge in [0, 0.05) is 45.0 Å². The molecule has 206 valence electrons. The van der Waals surface area contributed by atoms with Gasteiger partial charge >= 0.3 is 0 Å². The van der Waals surface area contributed by atoms with Crippen LogP contribution < -0.4 is 4.90 Å². The summed E-state index contributed by atoms with van der Waals surface area (Å²) in [7, 11) is -3.72. The molecule has 0 N–H and O–H groups in total. The molecule has 2 aromatic rings. The molecule has 1 aromatic heterocycles. The van der Waals surface area contributed by atoms with Gasteiger partial charge in [-0.1, -0.05) is 32.0 Å². The molecule has 3 aliphatic rings. The van der Waals surface area contributed by atoms with Crippen molar-refractivity contribution in [2.75, 3.05) is 43.9 Å². The minimum atomic E-state index is -3.72. The number of likely N-dealkylation sites (tertiary alicyclic amines) is 1. The SMILES string of the molecule is CC(C)[C@H]1C(=O)N(S(C)(=O)=O)[C@H]2CCN(C(=O)c3cnc(CN4CCN(c5ccccc5)CC4)cn3)[C@H]12.Cl. The summed E-state index contributed by atoms with van der Waals surface area (Å²) in [6, 6.07) is 9.37. The number of rotatable bonds is 6. The van der Waals surface area contributed by atoms with Crippen molar-refractivity contribution in [1.82, 2.24) is 24.1 Å². The summed E-state index contributed by atoms with van der Waals surface area (Å²) in [6.07, 6.45) is 4.63. The van der Waals surface area contributed by atoms with Crippen LogP contribution in [0, 0.1) is 11.8 Å². The molecule has 0 unspecified atom stereocenters. The normalized spacial score (nSPS) is 24.1. The summed E-state index contributed by atoms with van der Waals surface area (Å²) in [4.78, 5) is 41.7. The molecular formula is C26H35ClN6O4S. The van der Waals surface area contributed by atoms with Gasteiger partial charge in [0.05, 0.1) is 42.3 Å². The highest BCUT2D eigenvalue weighted by molar-refractivity contribution is 7.88. The van der Waals surface area contributed by atoms with Crippen molar-refractivity contribution in [3.63, 3.8) is 0 Å². The first-order chi connectivity index (χ1) is 17.6. The minimum absolute atomic E-state index is 0. The summed E-state index contributed by atoms with van der Waals surface area (Å²) in [5.74, 6) is -1.39. The van der Waals surface area contributed by atoms with E-state index in [0.29, 0.717) is 19.5 Å². The maximum absolute atomic E-state index is 13.4. The van der Waals surface area contributed by atoms with Crippen LogP contribution in [-0.2, 0) is 21.4 Å². The monoisotopic (exact) mass is 562 g/mol. The number of anilines is 1. The predicted octanol–water partition coefficient (Wildman–Crippen LogP) is 1.88. The van der Waals surface area contributed by atoms with Crippen LogP contribution in [-0.4, -0.2) is 95.4 Å². The van der Waals surface area contributed by atoms with Gasteiger partial charge in [-0.05, 0) is 24.5 Å². The van der Waals surface area contributed by atoms with E-state index in [2.05, 4.69) is 44.0 Å². The molecule has 0 spiro atoms. The minimum Gasteiger partial charge on any atom is -0.369 e. The largest absolute Gasteiger partial charge is 0.369 e. The number of amides is 2. The lowest BCUT2D eigenvalue weighted by Crippen LogP contribution is -2.46. The van der Waals surface area contributed by atoms with Crippen molar-refractivity contribution in [2.24, 2.45) is 11.8 Å². The lowest BCUT2D eigenvalue weighted by molar-refractivity contribution is -0.129. The number of carbonyl (C=O) groups excluding carboxylic acids is 2. The van der Waals surface area contributed by atoms with Crippen molar-refractivity contribution >= 4 is 39.9 Å². The van der Waals surface area contributed by atoms with Gasteiger partial charge in [0.25, 0.3) is 5.91 Å². The molecule has 12 heteroatoms. The van der Waals surface area contributed by atoms with E-state index >= 15 is 0 Å². The van der Waals surface area contributed by atoms with E-state index in [0.717, 1.165) is 42.4 Å². The van der Waals surface area contributed by atoms with E-state index in [-0.39, 0.29) is 29.9 Å². The fraction of sp³-hybridized carbons (Fsp3) is 0.538. The van der Waals surface area contributed by atoms with E-state index in [1.54, 1.807) is 11.1 Å². The van der Waals surface area contributed by atoms with E-state index in [1.165, 1.54) is 11.9 Å². The first-order valence-corrected chi connectivity index (χ1v) is 14.7. The second kappa shape index (κ2) is 11.2. The highest BCUT2D eigenvalue weighted by atomic mass is 35.5. The zero-order valence-corrected chi connectivity index (χ0v) is 23.6. The molecule has 10 nitrogen and oxygen atoms in total. The third-order valence-electron chi connectivity index (χ3n) is 7.73. The number of sulfonamides is 1. The zero-order chi connectivity index (χ0) is 26.3. The molecule has 3 aliphatic heterocycles. The van der Waals surface area contributed by atoms with E-state index in [1.807, 2.05) is 19.9 Å². The smallest absolute Gasteiger partial charge is 0.274 e. The summed E-state index contributed by atoms with van der Waals surface area (Å²) >= 11 is 0. The number of hydrogen-bond donors (Lipinski definition) is 0. The van der Waals surface area contributed by atoms with E-state index < -0.39 is 33.9 Å². The van der Waals surface area contributed by atoms with Gasteiger partial charge < -0.3 is 9.80 Å². The first kappa shape index (κ1) is 28.3. The number of benzene rings is 1. The molecule has 3 atom stereocenters. The molecule has 3 fully saturated rings. The van der Waals surface area contributed by atoms with Gasteiger partial charge in [0.2, 0.25) is 15.9 Å². The summed E-state index contributed by atoms with van der Waals surface area (Å²) < 4.78 is 25.7. The number of fused-ring (bicyclic) bond motifs is 1. The number of piperazine rings is 1. The van der Waals surface area contributed by atoms with Crippen LogP contribution >= 0.6 is 12.4 Å². The number of para-hydroxylation sites is 1. The standard InChI is InChI=1S/C26H34N6O4S.ClH/c1-18(2)23-24-22(32(26(23)34)37(3,35)36)9-10-31(24)25(33)21-16-27-19(15-28-21)17-29-11-13-30(14-12-29)20-7-5-4-6-8-20;/h4-8,15-16,18,22-24H,9-14,17H2,1-3H3;1H/t22-,23+,24-;/m0./s1. The Balaban J connectivity index is 0.00000336. The quantitative estimate of drug-likeness (QED) is 0.525. The van der Waals surface area contributed by atoms with Gasteiger partial charge in [0.15, 0.2) is 0 Å². The van der Waals surface area contributed by atoms with Gasteiger partial charge in [0.1, 0.15) is 5.69 Å². The van der Waals surface area contributed by atoms with Crippen LogP contribution in [0.1, 0.15) is 36.5 Å². The Morgan fingerprint density at radius 3 is 2.29 bits per heavy atom. The third kappa shape index (κ3) is 5.37. The van der Waals surface area contributed by atoms with Crippen LogP contribution in [0.4, 0.5) is 5.69 Å². The number of nitrogens with zero attached hydrogens (tertiary/aromatic N) is 6. The van der Waals surface area contributed by atoms with Gasteiger partial charge in [-0.2, -0.15) is 0 Å². The van der Waals surface area contributed by atoms with Crippen LogP contribution in [0.15, 0.2) is 42.7 Å². The van der Waals surface area contributed by atoms with Crippen LogP contribution in [0.5, 0.6) is 0 Å². The average molecular weight is 563 g/mol. The van der Waals surface area contributed by atoms with Crippen LogP contribution in [0.3, 0.4) is 0 Å². The molecule has 0 aliphatic carbocycles. The summed E-state index contributed by atoms with van der Waals surface area (Å²) in [6.45, 7) is 8.52. The predicted molar refractivity (Wildman–Crippen MR) is 146 cm³/mol. The Kier molecular flexibility index (Phi) is 8.29. The second-order valence-corrected chi connectivity index (χ2v) is 12.4. The number of halogens is 1. The fourth-order valence-corrected chi connectivity index (χ4v) is 7.17. The highest BCUT2D eigenvalue weighted by Gasteiger charge is 2.58. The molecule has 2 amide bonds. The summed E-state index contributed by atoms with van der Waals surface area (Å²) in [5, 5.41) is 0. The van der Waals surface area contributed by atoms with Crippen molar-refractivity contribution < 1.29 is 18.0 Å². The molecule has 1 aromatic carbocycles. The maximum Gasteiger partial charge on any atom is 0.274 e. The number of carbonyl (C=O) groups is 2. The third-order valence-corrected chi connectivity index (χ3v) is 8.90. The fourth-order valence-electron chi connectivity index (χ4n) is 6.00. The van der Waals surface area contributed by atoms with Crippen LogP contribution in [0.25, 0.3) is 0 Å².